The van der Waals surface area contributed by atoms with Crippen LogP contribution in [0.2, 0.25) is 0 Å². The molecule has 2 aromatic carbocycles. The Kier molecular flexibility index (Phi) is 5.42. The molecule has 1 aliphatic rings. The molecule has 158 valence electrons. The van der Waals surface area contributed by atoms with Crippen LogP contribution in [0.25, 0.3) is 10.9 Å². The van der Waals surface area contributed by atoms with Crippen LogP contribution in [0.5, 0.6) is 0 Å². The van der Waals surface area contributed by atoms with Crippen LogP contribution in [-0.2, 0) is 10.0 Å². The van der Waals surface area contributed by atoms with E-state index in [2.05, 4.69) is 22.8 Å². The number of aryl methyl sites for hydroxylation is 1. The lowest BCUT2D eigenvalue weighted by Gasteiger charge is -2.23. The van der Waals surface area contributed by atoms with E-state index >= 15 is 0 Å². The normalized spacial score (nSPS) is 17.4. The summed E-state index contributed by atoms with van der Waals surface area (Å²) in [7, 11) is -3.83. The number of H-pyrrole nitrogens is 1. The van der Waals surface area contributed by atoms with Crippen molar-refractivity contribution in [2.45, 2.75) is 36.5 Å². The van der Waals surface area contributed by atoms with Gasteiger partial charge < -0.3 is 10.1 Å². The predicted molar refractivity (Wildman–Crippen MR) is 127 cm³/mol. The minimum Gasteiger partial charge on any atom is -0.389 e. The van der Waals surface area contributed by atoms with Crippen molar-refractivity contribution in [3.8, 4) is 0 Å². The number of hydrogen-bond acceptors (Lipinski definition) is 6. The molecule has 30 heavy (non-hydrogen) atoms. The van der Waals surface area contributed by atoms with Crippen molar-refractivity contribution in [2.24, 2.45) is 4.99 Å². The summed E-state index contributed by atoms with van der Waals surface area (Å²) in [6, 6.07) is 14.1. The predicted octanol–water partition coefficient (Wildman–Crippen LogP) is 4.15. The van der Waals surface area contributed by atoms with Gasteiger partial charge in [0, 0.05) is 5.39 Å². The zero-order valence-corrected chi connectivity index (χ0v) is 19.4. The second-order valence-corrected chi connectivity index (χ2v) is 11.5. The van der Waals surface area contributed by atoms with E-state index in [0.29, 0.717) is 17.7 Å². The number of benzene rings is 2. The third-order valence-corrected chi connectivity index (χ3v) is 8.97. The van der Waals surface area contributed by atoms with Crippen LogP contribution in [-0.4, -0.2) is 40.9 Å². The number of aromatic nitrogens is 1. The third-order valence-electron chi connectivity index (χ3n) is 5.03. The molecule has 0 saturated carbocycles. The first-order valence-electron chi connectivity index (χ1n) is 9.44. The van der Waals surface area contributed by atoms with Gasteiger partial charge in [0.1, 0.15) is 5.04 Å². The van der Waals surface area contributed by atoms with Gasteiger partial charge in [-0.1, -0.05) is 36.0 Å². The molecule has 1 atom stereocenters. The molecule has 0 radical (unpaired) electrons. The van der Waals surface area contributed by atoms with Crippen LogP contribution >= 0.6 is 24.6 Å². The van der Waals surface area contributed by atoms with E-state index in [9.17, 15) is 13.5 Å². The molecular weight excluding hydrogens is 438 g/mol. The largest absolute Gasteiger partial charge is 0.389 e. The number of para-hydroxylation sites is 1. The zero-order chi connectivity index (χ0) is 21.7. The number of sulfonamides is 1. The highest BCUT2D eigenvalue weighted by Crippen LogP contribution is 2.36. The first-order valence-corrected chi connectivity index (χ1v) is 12.2. The number of rotatable bonds is 5. The standard InChI is InChI=1S/C21H23N3O3S3/c1-13-6-4-8-15(10-13)30(26,27)24(28)17-9-5-7-14-11-16(23-19(14)17)20-22-12-18(29-20)21(2,3)25/h4-11,18,23,25,28H,12H2,1-3H3. The Morgan fingerprint density at radius 3 is 2.63 bits per heavy atom. The molecule has 0 saturated heterocycles. The van der Waals surface area contributed by atoms with Crippen LogP contribution in [0.1, 0.15) is 25.1 Å². The van der Waals surface area contributed by atoms with E-state index in [0.717, 1.165) is 25.4 Å². The average Bonchev–Trinajstić information content (AvgIpc) is 3.33. The number of thioether (sulfide) groups is 1. The molecule has 3 aromatic rings. The second kappa shape index (κ2) is 7.64. The van der Waals surface area contributed by atoms with E-state index < -0.39 is 15.6 Å². The van der Waals surface area contributed by atoms with Gasteiger partial charge in [-0.3, -0.25) is 4.99 Å². The van der Waals surface area contributed by atoms with Gasteiger partial charge in [-0.2, -0.15) is 0 Å². The molecule has 6 nitrogen and oxygen atoms in total. The maximum absolute atomic E-state index is 13.1. The number of aromatic amines is 1. The van der Waals surface area contributed by atoms with Crippen molar-refractivity contribution in [2.75, 3.05) is 10.3 Å². The van der Waals surface area contributed by atoms with E-state index in [1.807, 2.05) is 25.1 Å². The monoisotopic (exact) mass is 461 g/mol. The van der Waals surface area contributed by atoms with Crippen LogP contribution in [0.4, 0.5) is 5.69 Å². The molecule has 1 unspecified atom stereocenters. The summed E-state index contributed by atoms with van der Waals surface area (Å²) < 4.78 is 27.3. The number of nitrogens with one attached hydrogen (secondary N) is 1. The Morgan fingerprint density at radius 2 is 1.97 bits per heavy atom. The highest BCUT2D eigenvalue weighted by molar-refractivity contribution is 8.15. The number of anilines is 1. The number of nitrogens with zero attached hydrogens (tertiary/aromatic N) is 2. The summed E-state index contributed by atoms with van der Waals surface area (Å²) in [5.41, 5.74) is 1.91. The lowest BCUT2D eigenvalue weighted by Crippen LogP contribution is -2.34. The van der Waals surface area contributed by atoms with Crippen LogP contribution in [0.15, 0.2) is 58.4 Å². The number of aliphatic imine (C=N–C) groups is 1. The lowest BCUT2D eigenvalue weighted by atomic mass is 10.1. The molecule has 2 heterocycles. The number of thiol groups is 1. The Bertz CT molecular complexity index is 1240. The van der Waals surface area contributed by atoms with Crippen molar-refractivity contribution in [3.05, 3.63) is 59.8 Å². The average molecular weight is 462 g/mol. The first-order chi connectivity index (χ1) is 14.1. The molecule has 4 rings (SSSR count). The first kappa shape index (κ1) is 21.3. The number of aliphatic hydroxyl groups is 1. The molecule has 1 aromatic heterocycles. The van der Waals surface area contributed by atoms with Crippen LogP contribution in [0.3, 0.4) is 0 Å². The maximum atomic E-state index is 13.1. The fourth-order valence-corrected chi connectivity index (χ4v) is 6.05. The van der Waals surface area contributed by atoms with Crippen LogP contribution < -0.4 is 3.71 Å². The van der Waals surface area contributed by atoms with Gasteiger partial charge in [-0.25, -0.2) is 12.1 Å². The Labute approximate surface area is 186 Å². The quantitative estimate of drug-likeness (QED) is 0.498. The van der Waals surface area contributed by atoms with Crippen molar-refractivity contribution in [3.63, 3.8) is 0 Å². The second-order valence-electron chi connectivity index (χ2n) is 7.89. The molecule has 0 fully saturated rings. The molecular formula is C21H23N3O3S3. The zero-order valence-electron chi connectivity index (χ0n) is 16.8. The van der Waals surface area contributed by atoms with Gasteiger partial charge >= 0.3 is 0 Å². The Morgan fingerprint density at radius 1 is 1.23 bits per heavy atom. The lowest BCUT2D eigenvalue weighted by molar-refractivity contribution is 0.0809. The third kappa shape index (κ3) is 3.87. The van der Waals surface area contributed by atoms with Gasteiger partial charge in [0.25, 0.3) is 10.0 Å². The number of hydrogen-bond donors (Lipinski definition) is 3. The van der Waals surface area contributed by atoms with E-state index in [1.165, 1.54) is 11.8 Å². The molecule has 9 heteroatoms. The van der Waals surface area contributed by atoms with Crippen molar-refractivity contribution >= 4 is 56.2 Å². The van der Waals surface area contributed by atoms with E-state index in [-0.39, 0.29) is 10.1 Å². The van der Waals surface area contributed by atoms with Crippen LogP contribution in [0, 0.1) is 6.92 Å². The smallest absolute Gasteiger partial charge is 0.273 e. The van der Waals surface area contributed by atoms with Gasteiger partial charge in [0.2, 0.25) is 0 Å². The molecule has 1 aliphatic heterocycles. The van der Waals surface area contributed by atoms with Crippen molar-refractivity contribution in [1.82, 2.24) is 4.98 Å². The number of fused-ring (bicyclic) bond motifs is 1. The Balaban J connectivity index is 1.71. The molecule has 0 amide bonds. The fraction of sp³-hybridized carbons (Fsp3) is 0.286. The highest BCUT2D eigenvalue weighted by atomic mass is 32.3. The summed E-state index contributed by atoms with van der Waals surface area (Å²) in [6.07, 6.45) is 0. The van der Waals surface area contributed by atoms with Crippen molar-refractivity contribution in [1.29, 1.82) is 0 Å². The summed E-state index contributed by atoms with van der Waals surface area (Å²) >= 11 is 5.87. The van der Waals surface area contributed by atoms with Gasteiger partial charge in [-0.15, -0.1) is 0 Å². The molecule has 0 aliphatic carbocycles. The Hall–Kier alpha value is -1.94. The highest BCUT2D eigenvalue weighted by Gasteiger charge is 2.33. The maximum Gasteiger partial charge on any atom is 0.273 e. The summed E-state index contributed by atoms with van der Waals surface area (Å²) in [4.78, 5) is 8.06. The van der Waals surface area contributed by atoms with E-state index in [1.54, 1.807) is 44.2 Å². The molecule has 0 bridgehead atoms. The topological polar surface area (TPSA) is 85.8 Å². The minimum atomic E-state index is -3.83. The van der Waals surface area contributed by atoms with Gasteiger partial charge in [-0.05, 0) is 63.4 Å². The SMILES string of the molecule is Cc1cccc(S(=O)(=O)N(S)c2cccc3cc(C4=NCC(C(C)(C)O)S4)[nH]c23)c1. The summed E-state index contributed by atoms with van der Waals surface area (Å²) in [5.74, 6) is 0. The van der Waals surface area contributed by atoms with E-state index in [4.69, 9.17) is 0 Å². The van der Waals surface area contributed by atoms with Gasteiger partial charge in [0.05, 0.1) is 39.2 Å². The van der Waals surface area contributed by atoms with Crippen molar-refractivity contribution < 1.29 is 13.5 Å². The minimum absolute atomic E-state index is 0.0264. The molecule has 0 spiro atoms. The van der Waals surface area contributed by atoms with Gasteiger partial charge in [0.15, 0.2) is 0 Å². The summed E-state index contributed by atoms with van der Waals surface area (Å²) in [6.45, 7) is 5.94. The fourth-order valence-electron chi connectivity index (χ4n) is 3.31. The summed E-state index contributed by atoms with van der Waals surface area (Å²) in [5, 5.41) is 11.9. The molecule has 2 N–H and O–H groups in total.